The monoisotopic (exact) mass is 208 g/mol. The third kappa shape index (κ3) is 2.80. The van der Waals surface area contributed by atoms with Crippen LogP contribution in [-0.2, 0) is 16.1 Å². The highest BCUT2D eigenvalue weighted by Crippen LogP contribution is 2.11. The van der Waals surface area contributed by atoms with E-state index in [1.165, 1.54) is 6.07 Å². The van der Waals surface area contributed by atoms with Crippen molar-refractivity contribution in [2.24, 2.45) is 0 Å². The third-order valence-corrected chi connectivity index (χ3v) is 2.29. The van der Waals surface area contributed by atoms with Gasteiger partial charge in [0, 0.05) is 12.0 Å². The Labute approximate surface area is 88.3 Å². The molecule has 1 aromatic rings. The van der Waals surface area contributed by atoms with Crippen molar-refractivity contribution >= 4 is 0 Å². The summed E-state index contributed by atoms with van der Waals surface area (Å²) in [6.07, 6.45) is 4.60. The van der Waals surface area contributed by atoms with E-state index in [0.717, 1.165) is 6.42 Å². The first-order valence-corrected chi connectivity index (χ1v) is 4.98. The fourth-order valence-electron chi connectivity index (χ4n) is 1.45. The normalized spacial score (nSPS) is 19.1. The van der Waals surface area contributed by atoms with Crippen LogP contribution in [0.3, 0.4) is 0 Å². The fourth-order valence-corrected chi connectivity index (χ4v) is 1.45. The number of benzene rings is 1. The van der Waals surface area contributed by atoms with Gasteiger partial charge in [-0.3, -0.25) is 0 Å². The first-order chi connectivity index (χ1) is 7.36. The fraction of sp³-hybridized carbons (Fsp3) is 0.333. The molecule has 3 heteroatoms. The third-order valence-electron chi connectivity index (χ3n) is 2.29. The molecule has 0 radical (unpaired) electrons. The zero-order chi connectivity index (χ0) is 10.5. The molecular formula is C12H13FO2. The molecule has 2 nitrogen and oxygen atoms in total. The van der Waals surface area contributed by atoms with E-state index in [2.05, 4.69) is 0 Å². The predicted octanol–water partition coefficient (Wildman–Crippen LogP) is 2.64. The van der Waals surface area contributed by atoms with Crippen molar-refractivity contribution < 1.29 is 13.9 Å². The molecule has 80 valence electrons. The molecule has 0 saturated heterocycles. The molecular weight excluding hydrogens is 195 g/mol. The average molecular weight is 208 g/mol. The summed E-state index contributed by atoms with van der Waals surface area (Å²) >= 11 is 0. The van der Waals surface area contributed by atoms with Crippen LogP contribution in [0, 0.1) is 5.82 Å². The summed E-state index contributed by atoms with van der Waals surface area (Å²) in [5, 5.41) is 0. The zero-order valence-electron chi connectivity index (χ0n) is 8.36. The van der Waals surface area contributed by atoms with Gasteiger partial charge in [-0.1, -0.05) is 18.2 Å². The minimum atomic E-state index is -0.219. The summed E-state index contributed by atoms with van der Waals surface area (Å²) in [4.78, 5) is 0. The van der Waals surface area contributed by atoms with E-state index in [9.17, 15) is 4.39 Å². The van der Waals surface area contributed by atoms with Crippen LogP contribution in [0.5, 0.6) is 0 Å². The van der Waals surface area contributed by atoms with Crippen LogP contribution in [0.2, 0.25) is 0 Å². The molecule has 1 aliphatic rings. The summed E-state index contributed by atoms with van der Waals surface area (Å²) in [5.41, 5.74) is 0.587. The van der Waals surface area contributed by atoms with Gasteiger partial charge < -0.3 is 9.47 Å². The summed E-state index contributed by atoms with van der Waals surface area (Å²) in [5.74, 6) is -0.219. The molecule has 2 rings (SSSR count). The van der Waals surface area contributed by atoms with Crippen LogP contribution in [0.4, 0.5) is 4.39 Å². The minimum absolute atomic E-state index is 0.0942. The number of halogens is 1. The molecule has 0 aromatic heterocycles. The second-order valence-corrected chi connectivity index (χ2v) is 3.47. The summed E-state index contributed by atoms with van der Waals surface area (Å²) in [6, 6.07) is 6.63. The van der Waals surface area contributed by atoms with Crippen molar-refractivity contribution in [1.82, 2.24) is 0 Å². The van der Waals surface area contributed by atoms with Gasteiger partial charge in [-0.2, -0.15) is 0 Å². The summed E-state index contributed by atoms with van der Waals surface area (Å²) < 4.78 is 23.8. The molecule has 0 fully saturated rings. The molecule has 15 heavy (non-hydrogen) atoms. The Morgan fingerprint density at radius 1 is 1.40 bits per heavy atom. The lowest BCUT2D eigenvalue weighted by Gasteiger charge is -2.10. The van der Waals surface area contributed by atoms with Crippen LogP contribution < -0.4 is 0 Å². The molecule has 0 saturated carbocycles. The lowest BCUT2D eigenvalue weighted by Crippen LogP contribution is -2.14. The SMILES string of the molecule is Fc1ccccc1COCC1CC=CO1. The zero-order valence-corrected chi connectivity index (χ0v) is 8.36. The highest BCUT2D eigenvalue weighted by atomic mass is 19.1. The maximum atomic E-state index is 13.2. The molecule has 0 spiro atoms. The van der Waals surface area contributed by atoms with Crippen LogP contribution in [-0.4, -0.2) is 12.7 Å². The summed E-state index contributed by atoms with van der Waals surface area (Å²) in [7, 11) is 0. The second-order valence-electron chi connectivity index (χ2n) is 3.47. The van der Waals surface area contributed by atoms with Gasteiger partial charge in [0.25, 0.3) is 0 Å². The standard InChI is InChI=1S/C12H13FO2/c13-12-6-2-1-4-10(12)8-14-9-11-5-3-7-15-11/h1-4,6-7,11H,5,8-9H2. The lowest BCUT2D eigenvalue weighted by molar-refractivity contribution is 0.0300. The van der Waals surface area contributed by atoms with Crippen LogP contribution >= 0.6 is 0 Å². The number of hydrogen-bond acceptors (Lipinski definition) is 2. The Kier molecular flexibility index (Phi) is 3.35. The average Bonchev–Trinajstić information content (AvgIpc) is 2.74. The maximum absolute atomic E-state index is 13.2. The van der Waals surface area contributed by atoms with Gasteiger partial charge >= 0.3 is 0 Å². The number of ether oxygens (including phenoxy) is 2. The highest BCUT2D eigenvalue weighted by Gasteiger charge is 2.11. The Bertz CT molecular complexity index is 341. The molecule has 1 unspecified atom stereocenters. The van der Waals surface area contributed by atoms with Crippen LogP contribution in [0.25, 0.3) is 0 Å². The van der Waals surface area contributed by atoms with Gasteiger partial charge in [0.15, 0.2) is 0 Å². The lowest BCUT2D eigenvalue weighted by atomic mass is 10.2. The first-order valence-electron chi connectivity index (χ1n) is 4.98. The van der Waals surface area contributed by atoms with Gasteiger partial charge in [0.1, 0.15) is 11.9 Å². The minimum Gasteiger partial charge on any atom is -0.496 e. The molecule has 1 aliphatic heterocycles. The van der Waals surface area contributed by atoms with E-state index in [0.29, 0.717) is 18.8 Å². The van der Waals surface area contributed by atoms with E-state index in [4.69, 9.17) is 9.47 Å². The van der Waals surface area contributed by atoms with Crippen molar-refractivity contribution in [3.05, 3.63) is 48.0 Å². The van der Waals surface area contributed by atoms with Gasteiger partial charge in [0.05, 0.1) is 19.5 Å². The van der Waals surface area contributed by atoms with E-state index < -0.39 is 0 Å². The summed E-state index contributed by atoms with van der Waals surface area (Å²) in [6.45, 7) is 0.799. The molecule has 0 amide bonds. The topological polar surface area (TPSA) is 18.5 Å². The van der Waals surface area contributed by atoms with E-state index >= 15 is 0 Å². The van der Waals surface area contributed by atoms with Crippen molar-refractivity contribution in [3.8, 4) is 0 Å². The van der Waals surface area contributed by atoms with E-state index in [1.807, 2.05) is 6.08 Å². The Balaban J connectivity index is 1.76. The van der Waals surface area contributed by atoms with Crippen LogP contribution in [0.1, 0.15) is 12.0 Å². The molecule has 1 atom stereocenters. The molecule has 1 aromatic carbocycles. The van der Waals surface area contributed by atoms with Gasteiger partial charge in [-0.05, 0) is 12.1 Å². The maximum Gasteiger partial charge on any atom is 0.128 e. The Morgan fingerprint density at radius 2 is 2.27 bits per heavy atom. The highest BCUT2D eigenvalue weighted by molar-refractivity contribution is 5.16. The van der Waals surface area contributed by atoms with E-state index in [1.54, 1.807) is 24.5 Å². The van der Waals surface area contributed by atoms with Crippen molar-refractivity contribution in [1.29, 1.82) is 0 Å². The predicted molar refractivity (Wildman–Crippen MR) is 54.7 cm³/mol. The van der Waals surface area contributed by atoms with Gasteiger partial charge in [-0.25, -0.2) is 4.39 Å². The van der Waals surface area contributed by atoms with E-state index in [-0.39, 0.29) is 11.9 Å². The van der Waals surface area contributed by atoms with Crippen molar-refractivity contribution in [2.45, 2.75) is 19.1 Å². The quantitative estimate of drug-likeness (QED) is 0.757. The second kappa shape index (κ2) is 4.94. The molecule has 0 N–H and O–H groups in total. The van der Waals surface area contributed by atoms with Crippen LogP contribution in [0.15, 0.2) is 36.6 Å². The van der Waals surface area contributed by atoms with Crippen molar-refractivity contribution in [2.75, 3.05) is 6.61 Å². The van der Waals surface area contributed by atoms with Crippen molar-refractivity contribution in [3.63, 3.8) is 0 Å². The molecule has 0 bridgehead atoms. The largest absolute Gasteiger partial charge is 0.496 e. The smallest absolute Gasteiger partial charge is 0.128 e. The first kappa shape index (κ1) is 10.2. The van der Waals surface area contributed by atoms with Gasteiger partial charge in [-0.15, -0.1) is 0 Å². The molecule has 0 aliphatic carbocycles. The number of rotatable bonds is 4. The molecule has 1 heterocycles. The number of hydrogen-bond donors (Lipinski definition) is 0. The Morgan fingerprint density at radius 3 is 3.00 bits per heavy atom. The Hall–Kier alpha value is -1.35. The van der Waals surface area contributed by atoms with Gasteiger partial charge in [0.2, 0.25) is 0 Å².